The molecule has 0 aromatic carbocycles. The molecule has 1 unspecified atom stereocenters. The van der Waals surface area contributed by atoms with Gasteiger partial charge in [-0.3, -0.25) is 4.90 Å². The number of piperidine rings is 1. The van der Waals surface area contributed by atoms with Crippen LogP contribution in [-0.4, -0.2) is 80.9 Å². The minimum atomic E-state index is -0.716. The molecule has 3 N–H and O–H groups in total. The van der Waals surface area contributed by atoms with Gasteiger partial charge >= 0.3 is 6.09 Å². The van der Waals surface area contributed by atoms with Crippen LogP contribution in [0, 0.1) is 0 Å². The van der Waals surface area contributed by atoms with Gasteiger partial charge in [0, 0.05) is 25.3 Å². The molecule has 11 nitrogen and oxygen atoms in total. The molecule has 0 spiro atoms. The molecule has 3 fully saturated rings. The first-order valence-corrected chi connectivity index (χ1v) is 12.8. The zero-order chi connectivity index (χ0) is 25.7. The van der Waals surface area contributed by atoms with Crippen molar-refractivity contribution in [3.8, 4) is 0 Å². The largest absolute Gasteiger partial charge is 0.444 e. The van der Waals surface area contributed by atoms with E-state index >= 15 is 0 Å². The Hall–Kier alpha value is -2.47. The van der Waals surface area contributed by atoms with Crippen LogP contribution in [0.3, 0.4) is 0 Å². The van der Waals surface area contributed by atoms with Crippen LogP contribution in [0.2, 0.25) is 0 Å². The number of amides is 1. The summed E-state index contributed by atoms with van der Waals surface area (Å²) < 4.78 is 26.7. The van der Waals surface area contributed by atoms with Gasteiger partial charge in [0.1, 0.15) is 41.7 Å². The van der Waals surface area contributed by atoms with Crippen LogP contribution in [0.1, 0.15) is 60.1 Å². The number of aromatic nitrogens is 3. The highest BCUT2D eigenvalue weighted by Gasteiger charge is 2.56. The first-order chi connectivity index (χ1) is 17.0. The van der Waals surface area contributed by atoms with Gasteiger partial charge in [-0.05, 0) is 60.1 Å². The van der Waals surface area contributed by atoms with Gasteiger partial charge < -0.3 is 34.6 Å². The maximum Gasteiger partial charge on any atom is 0.407 e. The van der Waals surface area contributed by atoms with Gasteiger partial charge in [0.05, 0.1) is 5.39 Å². The van der Waals surface area contributed by atoms with Crippen molar-refractivity contribution in [2.75, 3.05) is 25.4 Å². The van der Waals surface area contributed by atoms with E-state index in [1.54, 1.807) is 0 Å². The maximum atomic E-state index is 12.2. The first kappa shape index (κ1) is 25.2. The lowest BCUT2D eigenvalue weighted by molar-refractivity contribution is -0.198. The van der Waals surface area contributed by atoms with Gasteiger partial charge in [0.15, 0.2) is 12.0 Å². The molecule has 198 valence electrons. The van der Waals surface area contributed by atoms with E-state index in [2.05, 4.69) is 20.2 Å². The number of hydrogen-bond acceptors (Lipinski definition) is 9. The summed E-state index contributed by atoms with van der Waals surface area (Å²) in [5.74, 6) is -0.283. The Bertz CT molecular complexity index is 1100. The topological polar surface area (TPSA) is 126 Å². The molecule has 1 amide bonds. The van der Waals surface area contributed by atoms with Crippen LogP contribution in [0.15, 0.2) is 18.6 Å². The second-order valence-corrected chi connectivity index (χ2v) is 11.4. The number of likely N-dealkylation sites (tertiary alicyclic amines) is 1. The van der Waals surface area contributed by atoms with Crippen LogP contribution < -0.4 is 11.1 Å². The Labute approximate surface area is 211 Å². The fourth-order valence-corrected chi connectivity index (χ4v) is 5.50. The molecule has 2 aromatic heterocycles. The molecule has 3 aliphatic heterocycles. The lowest BCUT2D eigenvalue weighted by Crippen LogP contribution is -2.51. The predicted octanol–water partition coefficient (Wildman–Crippen LogP) is 2.81. The van der Waals surface area contributed by atoms with E-state index in [1.807, 2.05) is 51.4 Å². The average molecular weight is 503 g/mol. The lowest BCUT2D eigenvalue weighted by atomic mass is 10.0. The third-order valence-electron chi connectivity index (χ3n) is 6.98. The molecule has 0 bridgehead atoms. The number of carbonyl (C=O) groups excluding carboxylic acids is 1. The molecule has 11 heteroatoms. The quantitative estimate of drug-likeness (QED) is 0.635. The minimum absolute atomic E-state index is 0.197. The zero-order valence-electron chi connectivity index (χ0n) is 21.8. The molecule has 2 aromatic rings. The summed E-state index contributed by atoms with van der Waals surface area (Å²) in [6.45, 7) is 11.6. The van der Waals surface area contributed by atoms with Crippen LogP contribution >= 0.6 is 0 Å². The number of nitrogens with two attached hydrogens (primary N) is 1. The number of anilines is 1. The smallest absolute Gasteiger partial charge is 0.407 e. The Morgan fingerprint density at radius 3 is 2.81 bits per heavy atom. The van der Waals surface area contributed by atoms with E-state index in [0.29, 0.717) is 24.6 Å². The standard InChI is InChI=1S/C25H38N6O5/c1-24(2,3)36-23(32)27-12-15-8-6-7-10-30(15)13-17-18-19(35-25(4,5)34-18)22(33-17)31-11-9-16-20(26)28-14-29-21(16)31/h9,11,14-15,17-19,22H,6-8,10,12-13H2,1-5H3,(H,27,32)(H2,26,28,29)/t15?,17-,18-,19-,22-/m1/s1. The summed E-state index contributed by atoms with van der Waals surface area (Å²) in [5.41, 5.74) is 6.24. The lowest BCUT2D eigenvalue weighted by Gasteiger charge is -2.38. The van der Waals surface area contributed by atoms with Crippen molar-refractivity contribution in [2.45, 2.75) is 95.9 Å². The highest BCUT2D eigenvalue weighted by molar-refractivity contribution is 5.86. The van der Waals surface area contributed by atoms with Gasteiger partial charge in [-0.25, -0.2) is 14.8 Å². The number of ether oxygens (including phenoxy) is 4. The van der Waals surface area contributed by atoms with E-state index in [-0.39, 0.29) is 30.4 Å². The second kappa shape index (κ2) is 9.44. The average Bonchev–Trinajstić information content (AvgIpc) is 3.44. The molecule has 0 saturated carbocycles. The van der Waals surface area contributed by atoms with Gasteiger partial charge in [0.25, 0.3) is 0 Å². The van der Waals surface area contributed by atoms with Crippen molar-refractivity contribution in [1.82, 2.24) is 24.8 Å². The normalized spacial score (nSPS) is 30.4. The zero-order valence-corrected chi connectivity index (χ0v) is 21.8. The van der Waals surface area contributed by atoms with Crippen LogP contribution in [0.25, 0.3) is 11.0 Å². The van der Waals surface area contributed by atoms with Crippen molar-refractivity contribution < 1.29 is 23.7 Å². The fourth-order valence-electron chi connectivity index (χ4n) is 5.50. The van der Waals surface area contributed by atoms with Crippen molar-refractivity contribution in [2.24, 2.45) is 0 Å². The molecular weight excluding hydrogens is 464 g/mol. The number of fused-ring (bicyclic) bond motifs is 2. The number of carbonyl (C=O) groups is 1. The second-order valence-electron chi connectivity index (χ2n) is 11.4. The molecule has 0 radical (unpaired) electrons. The van der Waals surface area contributed by atoms with E-state index in [9.17, 15) is 4.79 Å². The van der Waals surface area contributed by atoms with Gasteiger partial charge in [-0.1, -0.05) is 6.42 Å². The van der Waals surface area contributed by atoms with E-state index in [4.69, 9.17) is 24.7 Å². The molecule has 3 saturated heterocycles. The van der Waals surface area contributed by atoms with E-state index < -0.39 is 17.6 Å². The number of alkyl carbamates (subject to hydrolysis) is 1. The molecule has 36 heavy (non-hydrogen) atoms. The number of nitrogen functional groups attached to an aromatic ring is 1. The summed E-state index contributed by atoms with van der Waals surface area (Å²) in [5, 5.41) is 3.73. The molecule has 0 aliphatic carbocycles. The number of rotatable bonds is 5. The van der Waals surface area contributed by atoms with Gasteiger partial charge in [-0.15, -0.1) is 0 Å². The molecule has 5 rings (SSSR count). The van der Waals surface area contributed by atoms with Crippen molar-refractivity contribution >= 4 is 22.9 Å². The predicted molar refractivity (Wildman–Crippen MR) is 133 cm³/mol. The Kier molecular flexibility index (Phi) is 6.61. The van der Waals surface area contributed by atoms with Gasteiger partial charge in [-0.2, -0.15) is 0 Å². The third-order valence-corrected chi connectivity index (χ3v) is 6.98. The van der Waals surface area contributed by atoms with Crippen LogP contribution in [0.5, 0.6) is 0 Å². The van der Waals surface area contributed by atoms with Crippen LogP contribution in [0.4, 0.5) is 10.6 Å². The SMILES string of the molecule is CC(C)(C)OC(=O)NCC1CCCCN1C[C@H]1O[C@@H](n2ccc3c(N)ncnc32)[C@@H]2OC(C)(C)O[C@@H]21. The summed E-state index contributed by atoms with van der Waals surface area (Å²) in [7, 11) is 0. The number of nitrogens with one attached hydrogen (secondary N) is 1. The van der Waals surface area contributed by atoms with Gasteiger partial charge in [0.2, 0.25) is 0 Å². The summed E-state index contributed by atoms with van der Waals surface area (Å²) in [6.07, 6.45) is 5.09. The first-order valence-electron chi connectivity index (χ1n) is 12.8. The summed E-state index contributed by atoms with van der Waals surface area (Å²) >= 11 is 0. The minimum Gasteiger partial charge on any atom is -0.444 e. The highest BCUT2D eigenvalue weighted by atomic mass is 16.8. The maximum absolute atomic E-state index is 12.2. The molecular formula is C25H38N6O5. The molecule has 3 aliphatic rings. The number of nitrogens with zero attached hydrogens (tertiary/aromatic N) is 4. The van der Waals surface area contributed by atoms with E-state index in [1.165, 1.54) is 6.33 Å². The highest BCUT2D eigenvalue weighted by Crippen LogP contribution is 2.44. The molecule has 5 heterocycles. The summed E-state index contributed by atoms with van der Waals surface area (Å²) in [4.78, 5) is 23.2. The third kappa shape index (κ3) is 5.15. The van der Waals surface area contributed by atoms with Crippen molar-refractivity contribution in [1.29, 1.82) is 0 Å². The van der Waals surface area contributed by atoms with Crippen LogP contribution in [-0.2, 0) is 18.9 Å². The monoisotopic (exact) mass is 502 g/mol. The Balaban J connectivity index is 1.32. The molecule has 5 atom stereocenters. The summed E-state index contributed by atoms with van der Waals surface area (Å²) in [6, 6.07) is 2.10. The fraction of sp³-hybridized carbons (Fsp3) is 0.720. The van der Waals surface area contributed by atoms with Crippen molar-refractivity contribution in [3.63, 3.8) is 0 Å². The number of hydrogen-bond donors (Lipinski definition) is 2. The Morgan fingerprint density at radius 2 is 2.03 bits per heavy atom. The van der Waals surface area contributed by atoms with E-state index in [0.717, 1.165) is 31.2 Å². The Morgan fingerprint density at radius 1 is 1.25 bits per heavy atom. The van der Waals surface area contributed by atoms with Crippen molar-refractivity contribution in [3.05, 3.63) is 18.6 Å².